The zero-order valence-electron chi connectivity index (χ0n) is 11.9. The summed E-state index contributed by atoms with van der Waals surface area (Å²) in [5.74, 6) is -0.165. The molecular formula is C16H20N2O3. The first kappa shape index (κ1) is 14.1. The Kier molecular flexibility index (Phi) is 3.92. The SMILES string of the molecule is O=C(O)CC1CN(C(=O)CNCC2CC2)c2ccccc21. The summed E-state index contributed by atoms with van der Waals surface area (Å²) >= 11 is 0. The molecule has 1 heterocycles. The number of nitrogens with one attached hydrogen (secondary N) is 1. The minimum atomic E-state index is -0.823. The summed E-state index contributed by atoms with van der Waals surface area (Å²) in [5.41, 5.74) is 1.83. The molecule has 0 radical (unpaired) electrons. The van der Waals surface area contributed by atoms with E-state index in [1.54, 1.807) is 4.90 Å². The number of fused-ring (bicyclic) bond motifs is 1. The van der Waals surface area contributed by atoms with Gasteiger partial charge in [0.1, 0.15) is 0 Å². The van der Waals surface area contributed by atoms with E-state index in [0.29, 0.717) is 13.1 Å². The van der Waals surface area contributed by atoms with Crippen LogP contribution in [0.3, 0.4) is 0 Å². The third-order valence-electron chi connectivity index (χ3n) is 4.20. The van der Waals surface area contributed by atoms with Crippen LogP contribution in [-0.2, 0) is 9.59 Å². The lowest BCUT2D eigenvalue weighted by molar-refractivity contribution is -0.137. The largest absolute Gasteiger partial charge is 0.481 e. The van der Waals surface area contributed by atoms with Gasteiger partial charge in [-0.15, -0.1) is 0 Å². The van der Waals surface area contributed by atoms with Crippen LogP contribution in [0.4, 0.5) is 5.69 Å². The fraction of sp³-hybridized carbons (Fsp3) is 0.500. The van der Waals surface area contributed by atoms with Gasteiger partial charge in [0.2, 0.25) is 5.91 Å². The molecule has 0 aromatic heterocycles. The maximum absolute atomic E-state index is 12.4. The average Bonchev–Trinajstić information content (AvgIpc) is 3.21. The second-order valence-corrected chi connectivity index (χ2v) is 5.93. The first-order valence-electron chi connectivity index (χ1n) is 7.47. The Hall–Kier alpha value is -1.88. The number of carboxylic acid groups (broad SMARTS) is 1. The van der Waals surface area contributed by atoms with E-state index in [4.69, 9.17) is 5.11 Å². The molecule has 2 aliphatic rings. The third-order valence-corrected chi connectivity index (χ3v) is 4.20. The number of benzene rings is 1. The Morgan fingerprint density at radius 1 is 1.29 bits per heavy atom. The number of carbonyl (C=O) groups excluding carboxylic acids is 1. The van der Waals surface area contributed by atoms with Gasteiger partial charge in [-0.1, -0.05) is 18.2 Å². The van der Waals surface area contributed by atoms with E-state index in [1.165, 1.54) is 12.8 Å². The number of hydrogen-bond donors (Lipinski definition) is 2. The van der Waals surface area contributed by atoms with Crippen molar-refractivity contribution in [3.63, 3.8) is 0 Å². The van der Waals surface area contributed by atoms with Gasteiger partial charge in [0.25, 0.3) is 0 Å². The lowest BCUT2D eigenvalue weighted by Crippen LogP contribution is -2.38. The van der Waals surface area contributed by atoms with Crippen LogP contribution >= 0.6 is 0 Å². The van der Waals surface area contributed by atoms with E-state index in [-0.39, 0.29) is 18.2 Å². The van der Waals surface area contributed by atoms with E-state index >= 15 is 0 Å². The summed E-state index contributed by atoms with van der Waals surface area (Å²) in [4.78, 5) is 25.1. The highest BCUT2D eigenvalue weighted by Gasteiger charge is 2.33. The lowest BCUT2D eigenvalue weighted by Gasteiger charge is -2.18. The van der Waals surface area contributed by atoms with Crippen LogP contribution in [0, 0.1) is 5.92 Å². The van der Waals surface area contributed by atoms with Crippen LogP contribution in [0.2, 0.25) is 0 Å². The standard InChI is InChI=1S/C16H20N2O3/c19-15(9-17-8-11-5-6-11)18-10-12(7-16(20)21)13-3-1-2-4-14(13)18/h1-4,11-12,17H,5-10H2,(H,20,21). The number of aliphatic carboxylic acids is 1. The number of para-hydroxylation sites is 1. The summed E-state index contributed by atoms with van der Waals surface area (Å²) in [6.07, 6.45) is 2.58. The zero-order chi connectivity index (χ0) is 14.8. The summed E-state index contributed by atoms with van der Waals surface area (Å²) < 4.78 is 0. The van der Waals surface area contributed by atoms with E-state index < -0.39 is 5.97 Å². The van der Waals surface area contributed by atoms with Gasteiger partial charge in [-0.25, -0.2) is 0 Å². The van der Waals surface area contributed by atoms with Crippen molar-refractivity contribution in [3.05, 3.63) is 29.8 Å². The molecule has 5 nitrogen and oxygen atoms in total. The fourth-order valence-electron chi connectivity index (χ4n) is 2.92. The molecular weight excluding hydrogens is 268 g/mol. The normalized spacial score (nSPS) is 20.4. The molecule has 1 amide bonds. The van der Waals surface area contributed by atoms with E-state index in [1.807, 2.05) is 24.3 Å². The monoisotopic (exact) mass is 288 g/mol. The van der Waals surface area contributed by atoms with Crippen molar-refractivity contribution >= 4 is 17.6 Å². The minimum absolute atomic E-state index is 0.0241. The quantitative estimate of drug-likeness (QED) is 0.834. The molecule has 0 spiro atoms. The van der Waals surface area contributed by atoms with Crippen molar-refractivity contribution in [2.75, 3.05) is 24.5 Å². The average molecular weight is 288 g/mol. The van der Waals surface area contributed by atoms with Crippen LogP contribution in [0.1, 0.15) is 30.7 Å². The van der Waals surface area contributed by atoms with Crippen molar-refractivity contribution in [3.8, 4) is 0 Å². The Balaban J connectivity index is 1.67. The number of nitrogens with zero attached hydrogens (tertiary/aromatic N) is 1. The number of amides is 1. The number of anilines is 1. The molecule has 5 heteroatoms. The first-order chi connectivity index (χ1) is 10.1. The van der Waals surface area contributed by atoms with Gasteiger partial charge in [0.15, 0.2) is 0 Å². The molecule has 2 N–H and O–H groups in total. The van der Waals surface area contributed by atoms with Crippen molar-refractivity contribution in [1.82, 2.24) is 5.32 Å². The second-order valence-electron chi connectivity index (χ2n) is 5.93. The van der Waals surface area contributed by atoms with Crippen LogP contribution < -0.4 is 10.2 Å². The summed E-state index contributed by atoms with van der Waals surface area (Å²) in [7, 11) is 0. The molecule has 1 aromatic rings. The molecule has 1 aliphatic heterocycles. The smallest absolute Gasteiger partial charge is 0.304 e. The highest BCUT2D eigenvalue weighted by atomic mass is 16.4. The van der Waals surface area contributed by atoms with Crippen LogP contribution in [0.15, 0.2) is 24.3 Å². The second kappa shape index (κ2) is 5.85. The van der Waals surface area contributed by atoms with Gasteiger partial charge in [0, 0.05) is 18.2 Å². The third kappa shape index (κ3) is 3.24. The van der Waals surface area contributed by atoms with E-state index in [9.17, 15) is 9.59 Å². The van der Waals surface area contributed by atoms with Gasteiger partial charge in [-0.2, -0.15) is 0 Å². The number of carbonyl (C=O) groups is 2. The van der Waals surface area contributed by atoms with Gasteiger partial charge in [-0.05, 0) is 36.9 Å². The first-order valence-corrected chi connectivity index (χ1v) is 7.47. The molecule has 1 aliphatic carbocycles. The van der Waals surface area contributed by atoms with Crippen molar-refractivity contribution < 1.29 is 14.7 Å². The molecule has 1 unspecified atom stereocenters. The number of hydrogen-bond acceptors (Lipinski definition) is 3. The van der Waals surface area contributed by atoms with E-state index in [0.717, 1.165) is 23.7 Å². The number of carboxylic acids is 1. The van der Waals surface area contributed by atoms with Gasteiger partial charge in [-0.3, -0.25) is 9.59 Å². The molecule has 1 atom stereocenters. The van der Waals surface area contributed by atoms with Crippen molar-refractivity contribution in [1.29, 1.82) is 0 Å². The predicted octanol–water partition coefficient (Wildman–Crippen LogP) is 1.59. The summed E-state index contributed by atoms with van der Waals surface area (Å²) in [6, 6.07) is 7.61. The Labute approximate surface area is 123 Å². The van der Waals surface area contributed by atoms with Crippen LogP contribution in [-0.4, -0.2) is 36.6 Å². The molecule has 0 saturated heterocycles. The molecule has 0 bridgehead atoms. The lowest BCUT2D eigenvalue weighted by atomic mass is 9.98. The summed E-state index contributed by atoms with van der Waals surface area (Å²) in [5, 5.41) is 12.2. The predicted molar refractivity (Wildman–Crippen MR) is 79.4 cm³/mol. The molecule has 112 valence electrons. The van der Waals surface area contributed by atoms with Crippen molar-refractivity contribution in [2.24, 2.45) is 5.92 Å². The van der Waals surface area contributed by atoms with Gasteiger partial charge >= 0.3 is 5.97 Å². The minimum Gasteiger partial charge on any atom is -0.481 e. The molecule has 1 aromatic carbocycles. The summed E-state index contributed by atoms with van der Waals surface area (Å²) in [6.45, 7) is 1.69. The van der Waals surface area contributed by atoms with Crippen molar-refractivity contribution in [2.45, 2.75) is 25.2 Å². The van der Waals surface area contributed by atoms with Gasteiger partial charge in [0.05, 0.1) is 13.0 Å². The molecule has 21 heavy (non-hydrogen) atoms. The van der Waals surface area contributed by atoms with Crippen LogP contribution in [0.5, 0.6) is 0 Å². The van der Waals surface area contributed by atoms with Crippen LogP contribution in [0.25, 0.3) is 0 Å². The highest BCUT2D eigenvalue weighted by molar-refractivity contribution is 5.97. The molecule has 3 rings (SSSR count). The fourth-order valence-corrected chi connectivity index (χ4v) is 2.92. The zero-order valence-corrected chi connectivity index (χ0v) is 11.9. The number of rotatable bonds is 6. The Bertz CT molecular complexity index is 554. The van der Waals surface area contributed by atoms with E-state index in [2.05, 4.69) is 5.32 Å². The Morgan fingerprint density at radius 2 is 2.05 bits per heavy atom. The topological polar surface area (TPSA) is 69.6 Å². The maximum Gasteiger partial charge on any atom is 0.304 e. The highest BCUT2D eigenvalue weighted by Crippen LogP contribution is 2.37. The van der Waals surface area contributed by atoms with Gasteiger partial charge < -0.3 is 15.3 Å². The molecule has 1 fully saturated rings. The Morgan fingerprint density at radius 3 is 2.76 bits per heavy atom. The molecule has 1 saturated carbocycles. The maximum atomic E-state index is 12.4.